The molecular formula is C19H16Cl2F3N5O3. The standard InChI is InChI=1S/C19H16Cl2F3N5O3/c1-28(2)9-26-16-14(18(4-5-18)17(30)31-3)13(8-25)27-29(16)15-11(20)6-10(7-12(15)21)32-19(22,23)24/h6-7,9H,4-5H2,1-3H3/b26-9+. The summed E-state index contributed by atoms with van der Waals surface area (Å²) in [5.41, 5.74) is -1.03. The molecule has 0 saturated heterocycles. The van der Waals surface area contributed by atoms with Gasteiger partial charge in [-0.05, 0) is 12.8 Å². The van der Waals surface area contributed by atoms with E-state index in [0.29, 0.717) is 12.8 Å². The van der Waals surface area contributed by atoms with E-state index in [-0.39, 0.29) is 32.8 Å². The Labute approximate surface area is 190 Å². The van der Waals surface area contributed by atoms with Gasteiger partial charge in [0.1, 0.15) is 17.5 Å². The first-order chi connectivity index (χ1) is 14.9. The third-order valence-corrected chi connectivity index (χ3v) is 5.19. The minimum atomic E-state index is -4.94. The first-order valence-electron chi connectivity index (χ1n) is 9.01. The summed E-state index contributed by atoms with van der Waals surface area (Å²) in [6, 6.07) is 3.76. The first-order valence-corrected chi connectivity index (χ1v) is 9.77. The van der Waals surface area contributed by atoms with Crippen molar-refractivity contribution in [2.75, 3.05) is 21.2 Å². The molecule has 0 spiro atoms. The van der Waals surface area contributed by atoms with Crippen molar-refractivity contribution >= 4 is 41.3 Å². The molecule has 0 amide bonds. The number of alkyl halides is 3. The minimum Gasteiger partial charge on any atom is -0.468 e. The molecule has 1 aromatic heterocycles. The Kier molecular flexibility index (Phi) is 6.31. The van der Waals surface area contributed by atoms with E-state index in [4.69, 9.17) is 27.9 Å². The molecule has 0 N–H and O–H groups in total. The maximum Gasteiger partial charge on any atom is 0.573 e. The molecular weight excluding hydrogens is 474 g/mol. The molecule has 1 aliphatic rings. The van der Waals surface area contributed by atoms with Gasteiger partial charge in [0.2, 0.25) is 0 Å². The second kappa shape index (κ2) is 8.52. The van der Waals surface area contributed by atoms with Gasteiger partial charge < -0.3 is 14.4 Å². The summed E-state index contributed by atoms with van der Waals surface area (Å²) in [5, 5.41) is 13.4. The van der Waals surface area contributed by atoms with Crippen molar-refractivity contribution in [3.05, 3.63) is 33.4 Å². The van der Waals surface area contributed by atoms with Crippen LogP contribution in [-0.2, 0) is 14.9 Å². The smallest absolute Gasteiger partial charge is 0.468 e. The third-order valence-electron chi connectivity index (χ3n) is 4.62. The molecule has 0 aliphatic heterocycles. The molecule has 1 aliphatic carbocycles. The van der Waals surface area contributed by atoms with Crippen LogP contribution in [0.15, 0.2) is 17.1 Å². The summed E-state index contributed by atoms with van der Waals surface area (Å²) < 4.78 is 47.7. The summed E-state index contributed by atoms with van der Waals surface area (Å²) in [6.07, 6.45) is -2.72. The van der Waals surface area contributed by atoms with Crippen LogP contribution in [0.4, 0.5) is 19.0 Å². The molecule has 1 aromatic carbocycles. The molecule has 32 heavy (non-hydrogen) atoms. The molecule has 2 aromatic rings. The Bertz CT molecular complexity index is 1110. The Hall–Kier alpha value is -2.97. The number of benzene rings is 1. The van der Waals surface area contributed by atoms with Crippen LogP contribution in [0.5, 0.6) is 5.75 Å². The van der Waals surface area contributed by atoms with Gasteiger partial charge in [0.05, 0.1) is 34.5 Å². The Morgan fingerprint density at radius 1 is 1.34 bits per heavy atom. The zero-order valence-corrected chi connectivity index (χ0v) is 18.5. The van der Waals surface area contributed by atoms with E-state index in [1.165, 1.54) is 13.4 Å². The van der Waals surface area contributed by atoms with Crippen LogP contribution in [0.3, 0.4) is 0 Å². The minimum absolute atomic E-state index is 0.0304. The first kappa shape index (κ1) is 23.7. The maximum absolute atomic E-state index is 12.6. The van der Waals surface area contributed by atoms with Gasteiger partial charge in [-0.1, -0.05) is 23.2 Å². The van der Waals surface area contributed by atoms with Crippen molar-refractivity contribution in [3.63, 3.8) is 0 Å². The lowest BCUT2D eigenvalue weighted by molar-refractivity contribution is -0.274. The average Bonchev–Trinajstić information content (AvgIpc) is 3.40. The summed E-state index contributed by atoms with van der Waals surface area (Å²) in [6.45, 7) is 0. The van der Waals surface area contributed by atoms with E-state index < -0.39 is 23.5 Å². The van der Waals surface area contributed by atoms with Crippen molar-refractivity contribution in [2.24, 2.45) is 4.99 Å². The third kappa shape index (κ3) is 4.47. The molecule has 1 heterocycles. The largest absolute Gasteiger partial charge is 0.573 e. The van der Waals surface area contributed by atoms with Gasteiger partial charge in [0.15, 0.2) is 11.5 Å². The van der Waals surface area contributed by atoms with Crippen molar-refractivity contribution in [1.82, 2.24) is 14.7 Å². The van der Waals surface area contributed by atoms with Gasteiger partial charge >= 0.3 is 12.3 Å². The molecule has 170 valence electrons. The topological polar surface area (TPSA) is 92.7 Å². The van der Waals surface area contributed by atoms with Crippen LogP contribution in [0.2, 0.25) is 10.0 Å². The lowest BCUT2D eigenvalue weighted by atomic mass is 9.95. The predicted molar refractivity (Wildman–Crippen MR) is 110 cm³/mol. The molecule has 8 nitrogen and oxygen atoms in total. The highest BCUT2D eigenvalue weighted by atomic mass is 35.5. The number of nitriles is 1. The number of nitrogens with zero attached hydrogens (tertiary/aromatic N) is 5. The van der Waals surface area contributed by atoms with Gasteiger partial charge in [-0.2, -0.15) is 10.4 Å². The fourth-order valence-electron chi connectivity index (χ4n) is 3.19. The second-order valence-electron chi connectivity index (χ2n) is 7.14. The zero-order chi connectivity index (χ0) is 23.8. The quantitative estimate of drug-likeness (QED) is 0.339. The van der Waals surface area contributed by atoms with Gasteiger partial charge in [0.25, 0.3) is 0 Å². The van der Waals surface area contributed by atoms with Crippen molar-refractivity contribution < 1.29 is 27.4 Å². The summed E-state index contributed by atoms with van der Waals surface area (Å²) in [5.74, 6) is -1.11. The van der Waals surface area contributed by atoms with E-state index >= 15 is 0 Å². The number of hydrogen-bond donors (Lipinski definition) is 0. The van der Waals surface area contributed by atoms with Crippen molar-refractivity contribution in [3.8, 4) is 17.5 Å². The highest BCUT2D eigenvalue weighted by Gasteiger charge is 2.57. The number of carbonyl (C=O) groups is 1. The van der Waals surface area contributed by atoms with E-state index in [9.17, 15) is 23.2 Å². The number of aromatic nitrogens is 2. The summed E-state index contributed by atoms with van der Waals surface area (Å²) in [4.78, 5) is 18.5. The number of halogens is 5. The van der Waals surface area contributed by atoms with Crippen LogP contribution in [0, 0.1) is 11.3 Å². The molecule has 1 fully saturated rings. The highest BCUT2D eigenvalue weighted by Crippen LogP contribution is 2.54. The number of hydrogen-bond acceptors (Lipinski definition) is 6. The van der Waals surface area contributed by atoms with E-state index in [2.05, 4.69) is 14.8 Å². The second-order valence-corrected chi connectivity index (χ2v) is 7.95. The fourth-order valence-corrected chi connectivity index (χ4v) is 3.81. The lowest BCUT2D eigenvalue weighted by Crippen LogP contribution is -2.22. The van der Waals surface area contributed by atoms with Gasteiger partial charge in [-0.3, -0.25) is 4.79 Å². The molecule has 0 radical (unpaired) electrons. The summed E-state index contributed by atoms with van der Waals surface area (Å²) in [7, 11) is 4.63. The number of carbonyl (C=O) groups excluding carboxylic acids is 1. The SMILES string of the molecule is COC(=O)C1(c2c(C#N)nn(-c3c(Cl)cc(OC(F)(F)F)cc3Cl)c2/N=C/N(C)C)CC1. The van der Waals surface area contributed by atoms with Crippen LogP contribution in [0.25, 0.3) is 5.69 Å². The number of rotatable bonds is 6. The van der Waals surface area contributed by atoms with Crippen molar-refractivity contribution in [2.45, 2.75) is 24.6 Å². The predicted octanol–water partition coefficient (Wildman–Crippen LogP) is 4.38. The Morgan fingerprint density at radius 2 is 1.94 bits per heavy atom. The van der Waals surface area contributed by atoms with Gasteiger partial charge in [-0.25, -0.2) is 9.67 Å². The molecule has 13 heteroatoms. The van der Waals surface area contributed by atoms with E-state index in [1.54, 1.807) is 19.0 Å². The van der Waals surface area contributed by atoms with Gasteiger partial charge in [0, 0.05) is 26.2 Å². The monoisotopic (exact) mass is 489 g/mol. The lowest BCUT2D eigenvalue weighted by Gasteiger charge is -2.15. The van der Waals surface area contributed by atoms with Gasteiger partial charge in [-0.15, -0.1) is 13.2 Å². The number of methoxy groups -OCH3 is 1. The zero-order valence-electron chi connectivity index (χ0n) is 17.0. The number of aliphatic imine (C=N–C) groups is 1. The number of esters is 1. The molecule has 1 saturated carbocycles. The number of ether oxygens (including phenoxy) is 2. The van der Waals surface area contributed by atoms with Crippen LogP contribution < -0.4 is 4.74 Å². The molecule has 0 unspecified atom stereocenters. The summed E-state index contributed by atoms with van der Waals surface area (Å²) >= 11 is 12.5. The van der Waals surface area contributed by atoms with Crippen LogP contribution in [0.1, 0.15) is 24.1 Å². The fraction of sp³-hybridized carbons (Fsp3) is 0.368. The van der Waals surface area contributed by atoms with E-state index in [1.807, 2.05) is 6.07 Å². The van der Waals surface area contributed by atoms with Crippen molar-refractivity contribution in [1.29, 1.82) is 5.26 Å². The van der Waals surface area contributed by atoms with E-state index in [0.717, 1.165) is 16.8 Å². The normalized spacial score (nSPS) is 14.8. The molecule has 0 atom stereocenters. The molecule has 0 bridgehead atoms. The van der Waals surface area contributed by atoms with Crippen LogP contribution >= 0.6 is 23.2 Å². The highest BCUT2D eigenvalue weighted by molar-refractivity contribution is 6.38. The Balaban J connectivity index is 2.26. The maximum atomic E-state index is 12.6. The average molecular weight is 490 g/mol. The Morgan fingerprint density at radius 3 is 2.38 bits per heavy atom. The van der Waals surface area contributed by atoms with Crippen LogP contribution in [-0.4, -0.2) is 54.6 Å². The molecule has 3 rings (SSSR count).